The fourth-order valence-corrected chi connectivity index (χ4v) is 2.45. The minimum absolute atomic E-state index is 0.124. The molecule has 2 aromatic rings. The molecule has 1 aliphatic rings. The van der Waals surface area contributed by atoms with Crippen LogP contribution in [-0.2, 0) is 17.9 Å². The van der Waals surface area contributed by atoms with Crippen molar-refractivity contribution in [2.45, 2.75) is 44.7 Å². The smallest absolute Gasteiger partial charge is 0.242 e. The fraction of sp³-hybridized carbons (Fsp3) is 0.538. The molecule has 0 aromatic carbocycles. The molecule has 7 nitrogen and oxygen atoms in total. The number of hydrogen-bond acceptors (Lipinski definition) is 5. The maximum absolute atomic E-state index is 11.7. The van der Waals surface area contributed by atoms with Crippen LogP contribution in [0.5, 0.6) is 0 Å². The molecule has 0 saturated heterocycles. The zero-order chi connectivity index (χ0) is 13.8. The van der Waals surface area contributed by atoms with Crippen LogP contribution in [0.2, 0.25) is 0 Å². The third-order valence-electron chi connectivity index (χ3n) is 3.50. The Bertz CT molecular complexity index is 557. The standard InChI is InChI=1S/C13H17N5O2/c19-12(9-18-7-3-6-15-18)14-8-11-16-13(20-17-11)10-4-1-2-5-10/h3,6-7,10H,1-2,4-5,8-9H2,(H,14,19). The zero-order valence-electron chi connectivity index (χ0n) is 11.2. The lowest BCUT2D eigenvalue weighted by Crippen LogP contribution is -2.27. The van der Waals surface area contributed by atoms with E-state index in [1.54, 1.807) is 23.1 Å². The van der Waals surface area contributed by atoms with Gasteiger partial charge >= 0.3 is 0 Å². The molecule has 1 N–H and O–H groups in total. The van der Waals surface area contributed by atoms with E-state index >= 15 is 0 Å². The van der Waals surface area contributed by atoms with Crippen molar-refractivity contribution < 1.29 is 9.32 Å². The Morgan fingerprint density at radius 3 is 3.05 bits per heavy atom. The Morgan fingerprint density at radius 2 is 2.30 bits per heavy atom. The number of carbonyl (C=O) groups is 1. The highest BCUT2D eigenvalue weighted by Gasteiger charge is 2.22. The summed E-state index contributed by atoms with van der Waals surface area (Å²) in [6.07, 6.45) is 8.07. The van der Waals surface area contributed by atoms with Gasteiger partial charge in [-0.2, -0.15) is 10.1 Å². The lowest BCUT2D eigenvalue weighted by Gasteiger charge is -2.02. The van der Waals surface area contributed by atoms with Crippen LogP contribution in [0.15, 0.2) is 23.0 Å². The maximum atomic E-state index is 11.7. The molecule has 0 atom stereocenters. The lowest BCUT2D eigenvalue weighted by atomic mass is 10.1. The molecule has 0 unspecified atom stereocenters. The summed E-state index contributed by atoms with van der Waals surface area (Å²) in [4.78, 5) is 16.0. The van der Waals surface area contributed by atoms with Crippen molar-refractivity contribution in [3.63, 3.8) is 0 Å². The summed E-state index contributed by atoms with van der Waals surface area (Å²) in [5.41, 5.74) is 0. The van der Waals surface area contributed by atoms with Crippen molar-refractivity contribution in [2.75, 3.05) is 0 Å². The molecule has 106 valence electrons. The largest absolute Gasteiger partial charge is 0.347 e. The first-order valence-electron chi connectivity index (χ1n) is 6.88. The van der Waals surface area contributed by atoms with Crippen LogP contribution >= 0.6 is 0 Å². The van der Waals surface area contributed by atoms with Gasteiger partial charge in [0, 0.05) is 18.3 Å². The summed E-state index contributed by atoms with van der Waals surface area (Å²) >= 11 is 0. The van der Waals surface area contributed by atoms with Crippen LogP contribution in [0.4, 0.5) is 0 Å². The molecule has 0 bridgehead atoms. The monoisotopic (exact) mass is 275 g/mol. The molecule has 1 fully saturated rings. The van der Waals surface area contributed by atoms with E-state index in [0.29, 0.717) is 17.6 Å². The van der Waals surface area contributed by atoms with Crippen LogP contribution in [-0.4, -0.2) is 25.8 Å². The summed E-state index contributed by atoms with van der Waals surface area (Å²) in [7, 11) is 0. The molecule has 2 heterocycles. The van der Waals surface area contributed by atoms with Crippen molar-refractivity contribution in [1.82, 2.24) is 25.2 Å². The summed E-state index contributed by atoms with van der Waals surface area (Å²) in [5.74, 6) is 1.51. The van der Waals surface area contributed by atoms with Crippen molar-refractivity contribution >= 4 is 5.91 Å². The number of nitrogens with one attached hydrogen (secondary N) is 1. The molecule has 0 aliphatic heterocycles. The van der Waals surface area contributed by atoms with Gasteiger partial charge in [-0.25, -0.2) is 0 Å². The van der Waals surface area contributed by atoms with E-state index in [0.717, 1.165) is 12.8 Å². The van der Waals surface area contributed by atoms with Crippen LogP contribution in [0.3, 0.4) is 0 Å². The van der Waals surface area contributed by atoms with Crippen LogP contribution in [0.1, 0.15) is 43.3 Å². The predicted octanol–water partition coefficient (Wildman–Crippen LogP) is 1.24. The minimum atomic E-state index is -0.124. The Kier molecular flexibility index (Phi) is 3.76. The molecule has 20 heavy (non-hydrogen) atoms. The Morgan fingerprint density at radius 1 is 1.45 bits per heavy atom. The topological polar surface area (TPSA) is 85.8 Å². The van der Waals surface area contributed by atoms with Gasteiger partial charge in [0.1, 0.15) is 6.54 Å². The van der Waals surface area contributed by atoms with E-state index in [2.05, 4.69) is 20.6 Å². The second-order valence-corrected chi connectivity index (χ2v) is 5.01. The van der Waals surface area contributed by atoms with Crippen molar-refractivity contribution in [3.05, 3.63) is 30.2 Å². The van der Waals surface area contributed by atoms with E-state index in [-0.39, 0.29) is 19.0 Å². The van der Waals surface area contributed by atoms with Crippen LogP contribution in [0.25, 0.3) is 0 Å². The van der Waals surface area contributed by atoms with Gasteiger partial charge in [0.15, 0.2) is 5.82 Å². The molecule has 3 rings (SSSR count). The SMILES string of the molecule is O=C(Cn1cccn1)NCc1noc(C2CCCC2)n1. The molecular formula is C13H17N5O2. The molecule has 2 aromatic heterocycles. The number of hydrogen-bond donors (Lipinski definition) is 1. The number of carbonyl (C=O) groups excluding carboxylic acids is 1. The second kappa shape index (κ2) is 5.85. The Labute approximate surface area is 116 Å². The van der Waals surface area contributed by atoms with E-state index in [1.165, 1.54) is 12.8 Å². The van der Waals surface area contributed by atoms with Crippen molar-refractivity contribution in [2.24, 2.45) is 0 Å². The van der Waals surface area contributed by atoms with E-state index in [1.807, 2.05) is 0 Å². The number of aromatic nitrogens is 4. The number of nitrogens with zero attached hydrogens (tertiary/aromatic N) is 4. The lowest BCUT2D eigenvalue weighted by molar-refractivity contribution is -0.122. The average Bonchev–Trinajstić information content (AvgIpc) is 3.18. The van der Waals surface area contributed by atoms with Gasteiger partial charge in [0.2, 0.25) is 11.8 Å². The maximum Gasteiger partial charge on any atom is 0.242 e. The first kappa shape index (κ1) is 12.8. The van der Waals surface area contributed by atoms with Gasteiger partial charge in [-0.1, -0.05) is 18.0 Å². The second-order valence-electron chi connectivity index (χ2n) is 5.01. The molecular weight excluding hydrogens is 258 g/mol. The van der Waals surface area contributed by atoms with Gasteiger partial charge < -0.3 is 9.84 Å². The Hall–Kier alpha value is -2.18. The molecule has 1 aliphatic carbocycles. The fourth-order valence-electron chi connectivity index (χ4n) is 2.45. The number of amides is 1. The summed E-state index contributed by atoms with van der Waals surface area (Å²) in [6.45, 7) is 0.483. The van der Waals surface area contributed by atoms with Gasteiger partial charge in [0.05, 0.1) is 6.54 Å². The summed E-state index contributed by atoms with van der Waals surface area (Å²) in [6, 6.07) is 1.78. The third-order valence-corrected chi connectivity index (χ3v) is 3.50. The first-order valence-corrected chi connectivity index (χ1v) is 6.88. The van der Waals surface area contributed by atoms with Crippen molar-refractivity contribution in [3.8, 4) is 0 Å². The molecule has 1 amide bonds. The zero-order valence-corrected chi connectivity index (χ0v) is 11.2. The third kappa shape index (κ3) is 3.04. The van der Waals surface area contributed by atoms with E-state index < -0.39 is 0 Å². The molecule has 7 heteroatoms. The summed E-state index contributed by atoms with van der Waals surface area (Å²) in [5, 5.41) is 10.6. The van der Waals surface area contributed by atoms with Crippen LogP contribution in [0, 0.1) is 0 Å². The van der Waals surface area contributed by atoms with Crippen molar-refractivity contribution in [1.29, 1.82) is 0 Å². The van der Waals surface area contributed by atoms with Gasteiger partial charge in [-0.05, 0) is 18.9 Å². The van der Waals surface area contributed by atoms with E-state index in [9.17, 15) is 4.79 Å². The van der Waals surface area contributed by atoms with Gasteiger partial charge in [-0.3, -0.25) is 9.48 Å². The molecule has 0 spiro atoms. The normalized spacial score (nSPS) is 15.6. The predicted molar refractivity (Wildman–Crippen MR) is 69.6 cm³/mol. The quantitative estimate of drug-likeness (QED) is 0.887. The highest BCUT2D eigenvalue weighted by molar-refractivity contribution is 5.75. The average molecular weight is 275 g/mol. The highest BCUT2D eigenvalue weighted by Crippen LogP contribution is 2.32. The summed E-state index contributed by atoms with van der Waals surface area (Å²) < 4.78 is 6.82. The van der Waals surface area contributed by atoms with E-state index in [4.69, 9.17) is 4.52 Å². The van der Waals surface area contributed by atoms with Gasteiger partial charge in [0.25, 0.3) is 0 Å². The minimum Gasteiger partial charge on any atom is -0.347 e. The number of rotatable bonds is 5. The highest BCUT2D eigenvalue weighted by atomic mass is 16.5. The van der Waals surface area contributed by atoms with Crippen LogP contribution < -0.4 is 5.32 Å². The molecule has 0 radical (unpaired) electrons. The molecule has 1 saturated carbocycles. The Balaban J connectivity index is 1.49. The first-order chi connectivity index (χ1) is 9.81. The van der Waals surface area contributed by atoms with Gasteiger partial charge in [-0.15, -0.1) is 0 Å².